The minimum absolute atomic E-state index is 0.221. The molecule has 0 saturated heterocycles. The molecule has 0 bridgehead atoms. The summed E-state index contributed by atoms with van der Waals surface area (Å²) >= 11 is 9.10. The Hall–Kier alpha value is -3.26. The van der Waals surface area contributed by atoms with Gasteiger partial charge in [0.1, 0.15) is 6.04 Å². The monoisotopic (exact) mass is 506 g/mol. The van der Waals surface area contributed by atoms with E-state index in [0.717, 1.165) is 16.0 Å². The van der Waals surface area contributed by atoms with Crippen molar-refractivity contribution in [3.05, 3.63) is 118 Å². The Kier molecular flexibility index (Phi) is 6.32. The predicted molar refractivity (Wildman–Crippen MR) is 137 cm³/mol. The molecule has 2 aromatic heterocycles. The van der Waals surface area contributed by atoms with Gasteiger partial charge >= 0.3 is 5.97 Å². The number of thiazole rings is 1. The number of thiophene rings is 1. The van der Waals surface area contributed by atoms with Gasteiger partial charge in [-0.1, -0.05) is 77.5 Å². The third kappa shape index (κ3) is 4.07. The van der Waals surface area contributed by atoms with E-state index in [0.29, 0.717) is 25.6 Å². The molecule has 0 fully saturated rings. The van der Waals surface area contributed by atoms with Crippen molar-refractivity contribution < 1.29 is 9.53 Å². The van der Waals surface area contributed by atoms with Crippen molar-refractivity contribution in [2.75, 3.05) is 6.61 Å². The molecule has 0 saturated carbocycles. The number of carbonyl (C=O) groups excluding carboxylic acids is 1. The Balaban J connectivity index is 1.83. The molecule has 0 radical (unpaired) electrons. The number of ether oxygens (including phenoxy) is 1. The van der Waals surface area contributed by atoms with Gasteiger partial charge < -0.3 is 4.74 Å². The highest BCUT2D eigenvalue weighted by atomic mass is 35.5. The van der Waals surface area contributed by atoms with Crippen LogP contribution in [0.5, 0.6) is 0 Å². The quantitative estimate of drug-likeness (QED) is 0.370. The summed E-state index contributed by atoms with van der Waals surface area (Å²) in [6.07, 6.45) is 1.77. The van der Waals surface area contributed by atoms with E-state index in [1.54, 1.807) is 23.6 Å². The van der Waals surface area contributed by atoms with Crippen molar-refractivity contribution in [1.29, 1.82) is 0 Å². The van der Waals surface area contributed by atoms with Crippen molar-refractivity contribution in [3.63, 3.8) is 0 Å². The Morgan fingerprint density at radius 1 is 1.12 bits per heavy atom. The Morgan fingerprint density at radius 3 is 2.59 bits per heavy atom. The maximum absolute atomic E-state index is 13.7. The number of fused-ring (bicyclic) bond motifs is 1. The van der Waals surface area contributed by atoms with Crippen LogP contribution in [0.25, 0.3) is 11.8 Å². The first-order chi connectivity index (χ1) is 16.6. The smallest absolute Gasteiger partial charge is 0.338 e. The van der Waals surface area contributed by atoms with Crippen LogP contribution in [0.15, 0.2) is 87.5 Å². The number of nitrogens with zero attached hydrogens (tertiary/aromatic N) is 2. The van der Waals surface area contributed by atoms with Crippen molar-refractivity contribution in [2.45, 2.75) is 13.0 Å². The highest BCUT2D eigenvalue weighted by Crippen LogP contribution is 2.36. The number of benzene rings is 2. The van der Waals surface area contributed by atoms with Crippen LogP contribution in [0.1, 0.15) is 29.0 Å². The second kappa shape index (κ2) is 9.54. The van der Waals surface area contributed by atoms with E-state index in [1.807, 2.05) is 66.0 Å². The molecule has 8 heteroatoms. The fourth-order valence-electron chi connectivity index (χ4n) is 3.89. The molecule has 0 spiro atoms. The van der Waals surface area contributed by atoms with Crippen LogP contribution in [0.4, 0.5) is 0 Å². The molecule has 0 N–H and O–H groups in total. The topological polar surface area (TPSA) is 60.7 Å². The zero-order valence-electron chi connectivity index (χ0n) is 18.1. The molecule has 34 heavy (non-hydrogen) atoms. The zero-order valence-corrected chi connectivity index (χ0v) is 20.5. The van der Waals surface area contributed by atoms with E-state index >= 15 is 0 Å². The molecule has 5 nitrogen and oxygen atoms in total. The van der Waals surface area contributed by atoms with Crippen LogP contribution >= 0.6 is 34.3 Å². The van der Waals surface area contributed by atoms with Crippen molar-refractivity contribution >= 4 is 52.0 Å². The normalized spacial score (nSPS) is 15.7. The summed E-state index contributed by atoms with van der Waals surface area (Å²) in [7, 11) is 0. The molecule has 3 heterocycles. The second-order valence-corrected chi connectivity index (χ2v) is 9.86. The van der Waals surface area contributed by atoms with Crippen LogP contribution in [-0.4, -0.2) is 17.1 Å². The molecule has 1 aliphatic heterocycles. The summed E-state index contributed by atoms with van der Waals surface area (Å²) in [4.78, 5) is 33.1. The Morgan fingerprint density at radius 2 is 1.88 bits per heavy atom. The molecule has 5 rings (SSSR count). The van der Waals surface area contributed by atoms with Crippen molar-refractivity contribution in [3.8, 4) is 0 Å². The highest BCUT2D eigenvalue weighted by molar-refractivity contribution is 7.10. The lowest BCUT2D eigenvalue weighted by atomic mass is 9.97. The van der Waals surface area contributed by atoms with E-state index in [9.17, 15) is 9.59 Å². The minimum atomic E-state index is -0.640. The lowest BCUT2D eigenvalue weighted by Gasteiger charge is -2.24. The number of hydrogen-bond acceptors (Lipinski definition) is 6. The molecule has 1 atom stereocenters. The van der Waals surface area contributed by atoms with E-state index < -0.39 is 12.0 Å². The largest absolute Gasteiger partial charge is 0.463 e. The fourth-order valence-corrected chi connectivity index (χ4v) is 5.90. The summed E-state index contributed by atoms with van der Waals surface area (Å²) in [5.74, 6) is -0.483. The fraction of sp³-hybridized carbons (Fsp3) is 0.115. The van der Waals surface area contributed by atoms with E-state index in [1.165, 1.54) is 22.7 Å². The molecule has 1 aliphatic rings. The summed E-state index contributed by atoms with van der Waals surface area (Å²) < 4.78 is 7.53. The third-order valence-electron chi connectivity index (χ3n) is 5.38. The van der Waals surface area contributed by atoms with Gasteiger partial charge in [-0.05, 0) is 36.1 Å². The number of rotatable bonds is 5. The predicted octanol–water partition coefficient (Wildman–Crippen LogP) is 4.65. The van der Waals surface area contributed by atoms with Gasteiger partial charge in [-0.25, -0.2) is 9.79 Å². The maximum Gasteiger partial charge on any atom is 0.338 e. The van der Waals surface area contributed by atoms with Gasteiger partial charge in [0.25, 0.3) is 5.56 Å². The number of halogens is 1. The molecule has 4 aromatic rings. The number of aromatic nitrogens is 1. The second-order valence-electron chi connectivity index (χ2n) is 7.47. The first-order valence-corrected chi connectivity index (χ1v) is 12.7. The van der Waals surface area contributed by atoms with E-state index in [-0.39, 0.29) is 12.2 Å². The summed E-state index contributed by atoms with van der Waals surface area (Å²) in [5, 5.41) is 2.49. The molecule has 0 aliphatic carbocycles. The molecular weight excluding hydrogens is 488 g/mol. The molecule has 2 aromatic carbocycles. The van der Waals surface area contributed by atoms with Gasteiger partial charge in [0.15, 0.2) is 4.80 Å². The highest BCUT2D eigenvalue weighted by Gasteiger charge is 2.35. The lowest BCUT2D eigenvalue weighted by Crippen LogP contribution is -2.39. The van der Waals surface area contributed by atoms with Gasteiger partial charge in [-0.2, -0.15) is 0 Å². The first kappa shape index (κ1) is 22.5. The first-order valence-electron chi connectivity index (χ1n) is 10.6. The minimum Gasteiger partial charge on any atom is -0.463 e. The van der Waals surface area contributed by atoms with E-state index in [2.05, 4.69) is 0 Å². The lowest BCUT2D eigenvalue weighted by molar-refractivity contribution is -0.138. The maximum atomic E-state index is 13.7. The van der Waals surface area contributed by atoms with E-state index in [4.69, 9.17) is 21.3 Å². The molecule has 170 valence electrons. The van der Waals surface area contributed by atoms with Gasteiger partial charge in [0.2, 0.25) is 0 Å². The van der Waals surface area contributed by atoms with Crippen molar-refractivity contribution in [1.82, 2.24) is 4.57 Å². The third-order valence-corrected chi connectivity index (χ3v) is 7.63. The average molecular weight is 507 g/mol. The summed E-state index contributed by atoms with van der Waals surface area (Å²) in [6, 6.07) is 20.1. The Labute approximate surface area is 208 Å². The molecule has 0 amide bonds. The average Bonchev–Trinajstić information content (AvgIpc) is 3.49. The van der Waals surface area contributed by atoms with Crippen LogP contribution in [0.2, 0.25) is 5.02 Å². The molecule has 1 unspecified atom stereocenters. The zero-order chi connectivity index (χ0) is 23.7. The summed E-state index contributed by atoms with van der Waals surface area (Å²) in [5.41, 5.74) is 2.18. The van der Waals surface area contributed by atoms with Gasteiger partial charge in [-0.15, -0.1) is 11.3 Å². The van der Waals surface area contributed by atoms with Crippen LogP contribution in [-0.2, 0) is 9.53 Å². The Bertz CT molecular complexity index is 1570. The van der Waals surface area contributed by atoms with Gasteiger partial charge in [0, 0.05) is 15.5 Å². The number of hydrogen-bond donors (Lipinski definition) is 0. The van der Waals surface area contributed by atoms with Gasteiger partial charge in [0.05, 0.1) is 22.4 Å². The van der Waals surface area contributed by atoms with Crippen molar-refractivity contribution in [2.24, 2.45) is 4.99 Å². The van der Waals surface area contributed by atoms with Gasteiger partial charge in [-0.3, -0.25) is 9.36 Å². The standard InChI is InChI=1S/C26H19ClN2O3S2/c1-2-32-25(31)21-22(16-9-4-3-5-10-16)28-26-29(23(21)19-13-8-14-33-19)24(30)20(34-26)15-17-11-6-7-12-18(17)27/h3-15,23H,2H2,1H3/b20-15+. The number of carbonyl (C=O) groups is 1. The molecular formula is C26H19ClN2O3S2. The van der Waals surface area contributed by atoms with Crippen LogP contribution < -0.4 is 14.9 Å². The SMILES string of the molecule is CCOC(=O)C1=C(c2ccccc2)N=c2s/c(=C/c3ccccc3Cl)c(=O)n2C1c1cccs1. The number of esters is 1. The van der Waals surface area contributed by atoms with Crippen LogP contribution in [0, 0.1) is 0 Å². The summed E-state index contributed by atoms with van der Waals surface area (Å²) in [6.45, 7) is 1.98. The van der Waals surface area contributed by atoms with Crippen LogP contribution in [0.3, 0.4) is 0 Å².